The molecule has 0 aromatic heterocycles. The zero-order valence-corrected chi connectivity index (χ0v) is 18.1. The smallest absolute Gasteiger partial charge is 0.338 e. The molecule has 3 N–H and O–H groups in total. The molecule has 4 aliphatic carbocycles. The van der Waals surface area contributed by atoms with Gasteiger partial charge in [0.25, 0.3) is 0 Å². The molecule has 1 aliphatic heterocycles. The minimum absolute atomic E-state index is 0.0428. The number of carbonyl (C=O) groups is 4. The van der Waals surface area contributed by atoms with E-state index in [0.29, 0.717) is 17.8 Å². The fourth-order valence-corrected chi connectivity index (χ4v) is 6.33. The molecule has 0 saturated heterocycles. The average Bonchev–Trinajstić information content (AvgIpc) is 2.69. The summed E-state index contributed by atoms with van der Waals surface area (Å²) < 4.78 is 10.3. The van der Waals surface area contributed by atoms with Gasteiger partial charge in [-0.3, -0.25) is 9.59 Å². The minimum atomic E-state index is -0.616. The molecule has 0 aromatic carbocycles. The van der Waals surface area contributed by atoms with Gasteiger partial charge in [-0.15, -0.1) is 0 Å². The lowest BCUT2D eigenvalue weighted by Crippen LogP contribution is -2.54. The summed E-state index contributed by atoms with van der Waals surface area (Å²) in [6.45, 7) is 3.01. The maximum atomic E-state index is 13.0. The molecule has 9 nitrogen and oxygen atoms in total. The largest absolute Gasteiger partial charge is 0.463 e. The van der Waals surface area contributed by atoms with Gasteiger partial charge in [0.05, 0.1) is 23.9 Å². The third-order valence-corrected chi connectivity index (χ3v) is 7.16. The van der Waals surface area contributed by atoms with Crippen LogP contribution in [0.2, 0.25) is 0 Å². The van der Waals surface area contributed by atoms with Gasteiger partial charge < -0.3 is 25.4 Å². The van der Waals surface area contributed by atoms with Crippen molar-refractivity contribution >= 4 is 23.9 Å². The minimum Gasteiger partial charge on any atom is -0.463 e. The predicted octanol–water partition coefficient (Wildman–Crippen LogP) is 1.38. The Hall–Kier alpha value is -2.58. The summed E-state index contributed by atoms with van der Waals surface area (Å²) in [5.74, 6) is 0.685. The maximum Gasteiger partial charge on any atom is 0.338 e. The summed E-state index contributed by atoms with van der Waals surface area (Å²) in [7, 11) is 0. The number of nitrogens with one attached hydrogen (secondary N) is 3. The van der Waals surface area contributed by atoms with Gasteiger partial charge in [-0.05, 0) is 70.1 Å². The van der Waals surface area contributed by atoms with Crippen LogP contribution in [0.25, 0.3) is 0 Å². The summed E-state index contributed by atoms with van der Waals surface area (Å²) in [6.07, 6.45) is 6.49. The second-order valence-corrected chi connectivity index (χ2v) is 9.47. The van der Waals surface area contributed by atoms with Gasteiger partial charge in [-0.25, -0.2) is 9.59 Å². The molecule has 3 amide bonds. The molecular weight excluding hydrogens is 402 g/mol. The number of hydrogen-bond donors (Lipinski definition) is 3. The normalized spacial score (nSPS) is 33.4. The Morgan fingerprint density at radius 2 is 1.68 bits per heavy atom. The Balaban J connectivity index is 1.32. The quantitative estimate of drug-likeness (QED) is 0.522. The Labute approximate surface area is 181 Å². The Kier molecular flexibility index (Phi) is 5.94. The monoisotopic (exact) mass is 433 g/mol. The van der Waals surface area contributed by atoms with Crippen LogP contribution < -0.4 is 16.0 Å². The fraction of sp³-hybridized carbons (Fsp3) is 0.727. The number of hydrogen-bond acceptors (Lipinski definition) is 6. The van der Waals surface area contributed by atoms with Crippen LogP contribution in [-0.2, 0) is 23.9 Å². The molecule has 4 fully saturated rings. The Bertz CT molecular complexity index is 785. The number of carbonyl (C=O) groups excluding carboxylic acids is 4. The van der Waals surface area contributed by atoms with Crippen molar-refractivity contribution in [1.29, 1.82) is 0 Å². The molecule has 0 radical (unpaired) electrons. The molecule has 5 rings (SSSR count). The van der Waals surface area contributed by atoms with Gasteiger partial charge in [0.2, 0.25) is 5.91 Å². The van der Waals surface area contributed by atoms with Crippen LogP contribution in [0.4, 0.5) is 4.79 Å². The first-order chi connectivity index (χ1) is 14.8. The lowest BCUT2D eigenvalue weighted by Gasteiger charge is -2.55. The van der Waals surface area contributed by atoms with Crippen molar-refractivity contribution in [2.75, 3.05) is 19.8 Å². The molecule has 4 bridgehead atoms. The van der Waals surface area contributed by atoms with Crippen molar-refractivity contribution in [3.05, 3.63) is 11.3 Å². The van der Waals surface area contributed by atoms with Gasteiger partial charge in [0.15, 0.2) is 0 Å². The van der Waals surface area contributed by atoms with Crippen molar-refractivity contribution < 1.29 is 28.7 Å². The fourth-order valence-electron chi connectivity index (χ4n) is 6.33. The van der Waals surface area contributed by atoms with Gasteiger partial charge in [-0.1, -0.05) is 0 Å². The van der Waals surface area contributed by atoms with Crippen molar-refractivity contribution in [3.63, 3.8) is 0 Å². The van der Waals surface area contributed by atoms with E-state index in [0.717, 1.165) is 19.3 Å². The van der Waals surface area contributed by atoms with Crippen LogP contribution >= 0.6 is 0 Å². The van der Waals surface area contributed by atoms with Crippen LogP contribution in [0.3, 0.4) is 0 Å². The molecule has 31 heavy (non-hydrogen) atoms. The van der Waals surface area contributed by atoms with Crippen molar-refractivity contribution in [2.45, 2.75) is 58.4 Å². The van der Waals surface area contributed by atoms with Crippen molar-refractivity contribution in [1.82, 2.24) is 16.0 Å². The van der Waals surface area contributed by atoms with Crippen LogP contribution in [0.15, 0.2) is 11.3 Å². The highest BCUT2D eigenvalue weighted by atomic mass is 16.5. The van der Waals surface area contributed by atoms with E-state index in [-0.39, 0.29) is 42.4 Å². The molecule has 5 aliphatic rings. The Morgan fingerprint density at radius 3 is 2.26 bits per heavy atom. The number of urea groups is 1. The van der Waals surface area contributed by atoms with Gasteiger partial charge >= 0.3 is 18.0 Å². The molecule has 170 valence electrons. The van der Waals surface area contributed by atoms with E-state index in [1.54, 1.807) is 13.8 Å². The highest BCUT2D eigenvalue weighted by Crippen LogP contribution is 2.60. The SMILES string of the molecule is CCOC(=O)C1=C(COC(=O)CNC(=O)C23CC4CC(CC(C4)C2)C3)NC(=O)NC1C. The van der Waals surface area contributed by atoms with E-state index in [1.807, 2.05) is 0 Å². The molecule has 0 aromatic rings. The maximum absolute atomic E-state index is 13.0. The first kappa shape index (κ1) is 21.6. The van der Waals surface area contributed by atoms with E-state index >= 15 is 0 Å². The highest BCUT2D eigenvalue weighted by Gasteiger charge is 2.54. The van der Waals surface area contributed by atoms with E-state index in [4.69, 9.17) is 9.47 Å². The van der Waals surface area contributed by atoms with Crippen LogP contribution in [0.1, 0.15) is 52.4 Å². The summed E-state index contributed by atoms with van der Waals surface area (Å²) in [6, 6.07) is -1.06. The predicted molar refractivity (Wildman–Crippen MR) is 109 cm³/mol. The molecule has 4 saturated carbocycles. The van der Waals surface area contributed by atoms with E-state index in [1.165, 1.54) is 19.3 Å². The molecular formula is C22H31N3O6. The highest BCUT2D eigenvalue weighted by molar-refractivity contribution is 5.94. The standard InChI is InChI=1S/C22H31N3O6/c1-3-30-19(27)18-12(2)24-21(29)25-16(18)11-31-17(26)10-23-20(28)22-7-13-4-14(8-22)6-15(5-13)9-22/h12-15H,3-11H2,1-2H3,(H,23,28)(H2,24,25,29). The average molecular weight is 434 g/mol. The lowest BCUT2D eigenvalue weighted by atomic mass is 9.49. The Morgan fingerprint density at radius 1 is 1.06 bits per heavy atom. The van der Waals surface area contributed by atoms with E-state index in [2.05, 4.69) is 16.0 Å². The summed E-state index contributed by atoms with van der Waals surface area (Å²) in [5, 5.41) is 7.87. The van der Waals surface area contributed by atoms with Crippen LogP contribution in [0, 0.1) is 23.2 Å². The van der Waals surface area contributed by atoms with Crippen molar-refractivity contribution in [3.8, 4) is 0 Å². The zero-order chi connectivity index (χ0) is 22.2. The topological polar surface area (TPSA) is 123 Å². The van der Waals surface area contributed by atoms with Crippen LogP contribution in [-0.4, -0.2) is 49.7 Å². The first-order valence-corrected chi connectivity index (χ1v) is 11.2. The van der Waals surface area contributed by atoms with Crippen LogP contribution in [0.5, 0.6) is 0 Å². The molecule has 9 heteroatoms. The number of amides is 3. The lowest BCUT2D eigenvalue weighted by molar-refractivity contribution is -0.150. The van der Waals surface area contributed by atoms with Gasteiger partial charge in [-0.2, -0.15) is 0 Å². The second kappa shape index (κ2) is 8.51. The third-order valence-electron chi connectivity index (χ3n) is 7.16. The summed E-state index contributed by atoms with van der Waals surface area (Å²) in [4.78, 5) is 49.2. The summed E-state index contributed by atoms with van der Waals surface area (Å²) in [5.41, 5.74) is 0.0786. The number of ether oxygens (including phenoxy) is 2. The third kappa shape index (κ3) is 4.41. The second-order valence-electron chi connectivity index (χ2n) is 9.47. The summed E-state index contributed by atoms with van der Waals surface area (Å²) >= 11 is 0. The molecule has 1 unspecified atom stereocenters. The van der Waals surface area contributed by atoms with Gasteiger partial charge in [0.1, 0.15) is 13.2 Å². The molecule has 1 heterocycles. The molecule has 1 atom stereocenters. The van der Waals surface area contributed by atoms with Gasteiger partial charge in [0, 0.05) is 5.41 Å². The molecule has 0 spiro atoms. The van der Waals surface area contributed by atoms with Crippen molar-refractivity contribution in [2.24, 2.45) is 23.2 Å². The van der Waals surface area contributed by atoms with E-state index in [9.17, 15) is 19.2 Å². The number of rotatable bonds is 7. The first-order valence-electron chi connectivity index (χ1n) is 11.2. The van der Waals surface area contributed by atoms with E-state index < -0.39 is 24.0 Å². The zero-order valence-electron chi connectivity index (χ0n) is 18.1. The number of esters is 2.